The highest BCUT2D eigenvalue weighted by Crippen LogP contribution is 2.25. The lowest BCUT2D eigenvalue weighted by Crippen LogP contribution is -2.46. The summed E-state index contributed by atoms with van der Waals surface area (Å²) < 4.78 is 0. The monoisotopic (exact) mass is 346 g/mol. The zero-order valence-corrected chi connectivity index (χ0v) is 14.0. The van der Waals surface area contributed by atoms with E-state index in [1.165, 1.54) is 23.5 Å². The number of carbonyl (C=O) groups excluding carboxylic acids is 1. The molecule has 1 aromatic carbocycles. The summed E-state index contributed by atoms with van der Waals surface area (Å²) in [5.41, 5.74) is 1.19. The number of hydrogen-bond acceptors (Lipinski definition) is 6. The molecular formula is C16H18N4O3S. The van der Waals surface area contributed by atoms with Crippen LogP contribution in [-0.4, -0.2) is 34.4 Å². The first-order chi connectivity index (χ1) is 11.5. The molecule has 2 heterocycles. The van der Waals surface area contributed by atoms with Gasteiger partial charge in [-0.3, -0.25) is 14.9 Å². The molecule has 1 aliphatic rings. The van der Waals surface area contributed by atoms with Crippen molar-refractivity contribution in [2.24, 2.45) is 0 Å². The molecule has 24 heavy (non-hydrogen) atoms. The van der Waals surface area contributed by atoms with Crippen molar-refractivity contribution in [3.05, 3.63) is 45.5 Å². The zero-order chi connectivity index (χ0) is 17.1. The van der Waals surface area contributed by atoms with Crippen LogP contribution in [0.15, 0.2) is 29.6 Å². The molecule has 2 unspecified atom stereocenters. The molecule has 1 aliphatic heterocycles. The Morgan fingerprint density at radius 2 is 2.17 bits per heavy atom. The number of non-ortho nitro benzene ring substituents is 1. The molecule has 7 nitrogen and oxygen atoms in total. The highest BCUT2D eigenvalue weighted by Gasteiger charge is 2.21. The van der Waals surface area contributed by atoms with Crippen molar-refractivity contribution in [1.29, 1.82) is 0 Å². The Bertz CT molecular complexity index is 744. The number of hydrogen-bond donors (Lipinski definition) is 2. The topological polar surface area (TPSA) is 97.2 Å². The molecule has 2 atom stereocenters. The molecule has 1 amide bonds. The second kappa shape index (κ2) is 7.06. The van der Waals surface area contributed by atoms with Crippen molar-refractivity contribution >= 4 is 22.9 Å². The first-order valence-electron chi connectivity index (χ1n) is 7.77. The largest absolute Gasteiger partial charge is 0.348 e. The van der Waals surface area contributed by atoms with E-state index in [2.05, 4.69) is 22.5 Å². The first-order valence-corrected chi connectivity index (χ1v) is 8.65. The van der Waals surface area contributed by atoms with E-state index in [9.17, 15) is 14.9 Å². The number of thiazole rings is 1. The molecule has 0 spiro atoms. The highest BCUT2D eigenvalue weighted by molar-refractivity contribution is 7.13. The van der Waals surface area contributed by atoms with Gasteiger partial charge in [0.25, 0.3) is 11.6 Å². The zero-order valence-electron chi connectivity index (χ0n) is 13.2. The van der Waals surface area contributed by atoms with Crippen LogP contribution in [0.5, 0.6) is 0 Å². The lowest BCUT2D eigenvalue weighted by atomic mass is 10.0. The normalized spacial score (nSPS) is 20.5. The van der Waals surface area contributed by atoms with Gasteiger partial charge in [-0.05, 0) is 38.4 Å². The smallest absolute Gasteiger partial charge is 0.270 e. The Kier molecular flexibility index (Phi) is 4.86. The average molecular weight is 346 g/mol. The van der Waals surface area contributed by atoms with Gasteiger partial charge in [-0.2, -0.15) is 0 Å². The minimum Gasteiger partial charge on any atom is -0.348 e. The number of nitrogens with zero attached hydrogens (tertiary/aromatic N) is 2. The predicted octanol–water partition coefficient (Wildman–Crippen LogP) is 2.59. The van der Waals surface area contributed by atoms with Crippen molar-refractivity contribution < 1.29 is 9.72 Å². The Hall–Kier alpha value is -2.32. The predicted molar refractivity (Wildman–Crippen MR) is 92.2 cm³/mol. The Morgan fingerprint density at radius 3 is 2.83 bits per heavy atom. The fraction of sp³-hybridized carbons (Fsp3) is 0.375. The Labute approximate surface area is 143 Å². The van der Waals surface area contributed by atoms with Gasteiger partial charge in [0.05, 0.1) is 4.92 Å². The summed E-state index contributed by atoms with van der Waals surface area (Å²) in [5.74, 6) is -0.168. The number of piperidine rings is 1. The molecule has 2 N–H and O–H groups in total. The van der Waals surface area contributed by atoms with Gasteiger partial charge in [-0.25, -0.2) is 4.98 Å². The van der Waals surface area contributed by atoms with Crippen LogP contribution in [0.1, 0.15) is 30.3 Å². The SMILES string of the molecule is CC1CC(NC(=O)c2csc(-c3ccc([N+](=O)[O-])cc3)n2)CCN1. The number of nitro groups is 1. The number of amides is 1. The third kappa shape index (κ3) is 3.77. The fourth-order valence-electron chi connectivity index (χ4n) is 2.76. The summed E-state index contributed by atoms with van der Waals surface area (Å²) in [6.07, 6.45) is 1.82. The maximum absolute atomic E-state index is 12.3. The average Bonchev–Trinajstić information content (AvgIpc) is 3.05. The van der Waals surface area contributed by atoms with Gasteiger partial charge >= 0.3 is 0 Å². The fourth-order valence-corrected chi connectivity index (χ4v) is 3.56. The quantitative estimate of drug-likeness (QED) is 0.655. The summed E-state index contributed by atoms with van der Waals surface area (Å²) in [6, 6.07) is 6.73. The molecule has 0 radical (unpaired) electrons. The summed E-state index contributed by atoms with van der Waals surface area (Å²) in [7, 11) is 0. The highest BCUT2D eigenvalue weighted by atomic mass is 32.1. The van der Waals surface area contributed by atoms with E-state index in [-0.39, 0.29) is 17.6 Å². The molecule has 0 bridgehead atoms. The standard InChI is InChI=1S/C16H18N4O3S/c1-10-8-12(6-7-17-10)18-15(21)14-9-24-16(19-14)11-2-4-13(5-3-11)20(22)23/h2-5,9-10,12,17H,6-8H2,1H3,(H,18,21). The lowest BCUT2D eigenvalue weighted by Gasteiger charge is -2.28. The van der Waals surface area contributed by atoms with E-state index < -0.39 is 4.92 Å². The van der Waals surface area contributed by atoms with E-state index in [1.54, 1.807) is 17.5 Å². The van der Waals surface area contributed by atoms with Gasteiger partial charge < -0.3 is 10.6 Å². The van der Waals surface area contributed by atoms with E-state index in [0.717, 1.165) is 24.9 Å². The molecule has 3 rings (SSSR count). The number of nitrogens with one attached hydrogen (secondary N) is 2. The van der Waals surface area contributed by atoms with Crippen molar-refractivity contribution in [2.75, 3.05) is 6.54 Å². The molecule has 0 saturated carbocycles. The summed E-state index contributed by atoms with van der Waals surface area (Å²) in [6.45, 7) is 3.01. The van der Waals surface area contributed by atoms with Gasteiger partial charge in [0.2, 0.25) is 0 Å². The Balaban J connectivity index is 1.68. The number of nitro benzene ring substituents is 1. The summed E-state index contributed by atoms with van der Waals surface area (Å²) in [5, 5.41) is 19.5. The summed E-state index contributed by atoms with van der Waals surface area (Å²) >= 11 is 1.35. The first kappa shape index (κ1) is 16.5. The number of carbonyl (C=O) groups is 1. The molecule has 8 heteroatoms. The van der Waals surface area contributed by atoms with Crippen molar-refractivity contribution in [3.63, 3.8) is 0 Å². The van der Waals surface area contributed by atoms with Crippen LogP contribution < -0.4 is 10.6 Å². The second-order valence-corrected chi connectivity index (χ2v) is 6.75. The van der Waals surface area contributed by atoms with Crippen molar-refractivity contribution in [1.82, 2.24) is 15.6 Å². The van der Waals surface area contributed by atoms with E-state index in [1.807, 2.05) is 0 Å². The van der Waals surface area contributed by atoms with Crippen LogP contribution in [0.3, 0.4) is 0 Å². The molecular weight excluding hydrogens is 328 g/mol. The molecule has 1 saturated heterocycles. The van der Waals surface area contributed by atoms with Crippen molar-refractivity contribution in [2.45, 2.75) is 31.8 Å². The van der Waals surface area contributed by atoms with Gasteiger partial charge in [0, 0.05) is 35.2 Å². The third-order valence-corrected chi connectivity index (χ3v) is 4.91. The maximum atomic E-state index is 12.3. The summed E-state index contributed by atoms with van der Waals surface area (Å²) in [4.78, 5) is 26.9. The lowest BCUT2D eigenvalue weighted by molar-refractivity contribution is -0.384. The number of benzene rings is 1. The number of aromatic nitrogens is 1. The molecule has 126 valence electrons. The van der Waals surface area contributed by atoms with Gasteiger partial charge in [0.1, 0.15) is 10.7 Å². The minimum absolute atomic E-state index is 0.0355. The second-order valence-electron chi connectivity index (χ2n) is 5.89. The van der Waals surface area contributed by atoms with Gasteiger partial charge in [0.15, 0.2) is 0 Å². The van der Waals surface area contributed by atoms with E-state index in [4.69, 9.17) is 0 Å². The third-order valence-electron chi connectivity index (χ3n) is 4.02. The van der Waals surface area contributed by atoms with E-state index >= 15 is 0 Å². The van der Waals surface area contributed by atoms with Crippen LogP contribution in [0, 0.1) is 10.1 Å². The van der Waals surface area contributed by atoms with Gasteiger partial charge in [-0.15, -0.1) is 11.3 Å². The maximum Gasteiger partial charge on any atom is 0.270 e. The van der Waals surface area contributed by atoms with Crippen LogP contribution >= 0.6 is 11.3 Å². The minimum atomic E-state index is -0.440. The van der Waals surface area contributed by atoms with E-state index in [0.29, 0.717) is 16.7 Å². The molecule has 0 aliphatic carbocycles. The molecule has 1 aromatic heterocycles. The molecule has 2 aromatic rings. The van der Waals surface area contributed by atoms with Crippen LogP contribution in [-0.2, 0) is 0 Å². The van der Waals surface area contributed by atoms with Crippen LogP contribution in [0.4, 0.5) is 5.69 Å². The molecule has 1 fully saturated rings. The van der Waals surface area contributed by atoms with Crippen molar-refractivity contribution in [3.8, 4) is 10.6 Å². The van der Waals surface area contributed by atoms with Gasteiger partial charge in [-0.1, -0.05) is 0 Å². The van der Waals surface area contributed by atoms with Crippen LogP contribution in [0.25, 0.3) is 10.6 Å². The van der Waals surface area contributed by atoms with Crippen LogP contribution in [0.2, 0.25) is 0 Å². The number of rotatable bonds is 4. The Morgan fingerprint density at radius 1 is 1.42 bits per heavy atom.